The Hall–Kier alpha value is -3.78. The smallest absolute Gasteiger partial charge is 0.291 e. The van der Waals surface area contributed by atoms with Gasteiger partial charge in [0.15, 0.2) is 5.43 Å². The van der Waals surface area contributed by atoms with Crippen LogP contribution in [0.4, 0.5) is 5.69 Å². The van der Waals surface area contributed by atoms with E-state index in [0.717, 1.165) is 10.0 Å². The van der Waals surface area contributed by atoms with Crippen LogP contribution in [0.25, 0.3) is 11.0 Å². The lowest BCUT2D eigenvalue weighted by Crippen LogP contribution is -2.29. The molecule has 5 rings (SSSR count). The van der Waals surface area contributed by atoms with Gasteiger partial charge >= 0.3 is 0 Å². The molecule has 1 aromatic heterocycles. The van der Waals surface area contributed by atoms with Gasteiger partial charge in [0.2, 0.25) is 5.76 Å². The number of nitro benzene ring substituents is 1. The van der Waals surface area contributed by atoms with Crippen molar-refractivity contribution in [3.63, 3.8) is 0 Å². The number of benzene rings is 3. The van der Waals surface area contributed by atoms with Crippen molar-refractivity contribution in [1.82, 2.24) is 4.90 Å². The largest absolute Gasteiger partial charge is 0.450 e. The van der Waals surface area contributed by atoms with E-state index in [2.05, 4.69) is 15.9 Å². The lowest BCUT2D eigenvalue weighted by molar-refractivity contribution is -0.384. The van der Waals surface area contributed by atoms with Crippen LogP contribution in [0.3, 0.4) is 0 Å². The van der Waals surface area contributed by atoms with Gasteiger partial charge in [0.05, 0.1) is 21.9 Å². The van der Waals surface area contributed by atoms with Crippen LogP contribution < -0.4 is 5.43 Å². The van der Waals surface area contributed by atoms with Gasteiger partial charge in [0.25, 0.3) is 11.6 Å². The van der Waals surface area contributed by atoms with Gasteiger partial charge in [-0.15, -0.1) is 0 Å². The van der Waals surface area contributed by atoms with Gasteiger partial charge in [-0.05, 0) is 41.5 Å². The van der Waals surface area contributed by atoms with Crippen LogP contribution in [0.1, 0.15) is 33.3 Å². The molecule has 8 heteroatoms. The Bertz CT molecular complexity index is 1430. The summed E-state index contributed by atoms with van der Waals surface area (Å²) in [7, 11) is 0. The number of carbonyl (C=O) groups excluding carboxylic acids is 1. The Morgan fingerprint density at radius 2 is 1.72 bits per heavy atom. The van der Waals surface area contributed by atoms with E-state index in [1.807, 2.05) is 30.3 Å². The van der Waals surface area contributed by atoms with Crippen LogP contribution in [0, 0.1) is 10.1 Å². The van der Waals surface area contributed by atoms with E-state index in [1.54, 1.807) is 35.2 Å². The molecule has 1 aliphatic heterocycles. The number of carbonyl (C=O) groups is 1. The first-order valence-electron chi connectivity index (χ1n) is 9.79. The maximum Gasteiger partial charge on any atom is 0.291 e. The van der Waals surface area contributed by atoms with E-state index in [0.29, 0.717) is 16.5 Å². The van der Waals surface area contributed by atoms with Crippen LogP contribution in [-0.2, 0) is 6.54 Å². The summed E-state index contributed by atoms with van der Waals surface area (Å²) < 4.78 is 6.63. The molecule has 1 aliphatic rings. The van der Waals surface area contributed by atoms with E-state index in [1.165, 1.54) is 12.1 Å². The molecule has 2 heterocycles. The summed E-state index contributed by atoms with van der Waals surface area (Å²) in [6.45, 7) is 0.255. The lowest BCUT2D eigenvalue weighted by atomic mass is 9.98. The zero-order valence-corrected chi connectivity index (χ0v) is 18.1. The molecule has 1 atom stereocenters. The highest BCUT2D eigenvalue weighted by molar-refractivity contribution is 9.10. The molecule has 0 fully saturated rings. The summed E-state index contributed by atoms with van der Waals surface area (Å²) in [5, 5.41) is 11.5. The van der Waals surface area contributed by atoms with Gasteiger partial charge in [-0.3, -0.25) is 19.7 Å². The Kier molecular flexibility index (Phi) is 4.86. The normalized spacial score (nSPS) is 15.2. The minimum atomic E-state index is -0.724. The number of hydrogen-bond acceptors (Lipinski definition) is 5. The third-order valence-corrected chi connectivity index (χ3v) is 6.04. The van der Waals surface area contributed by atoms with Crippen LogP contribution >= 0.6 is 15.9 Å². The molecule has 0 spiro atoms. The first-order valence-corrected chi connectivity index (χ1v) is 10.6. The quantitative estimate of drug-likeness (QED) is 0.289. The average Bonchev–Trinajstić information content (AvgIpc) is 3.07. The van der Waals surface area contributed by atoms with Gasteiger partial charge in [-0.1, -0.05) is 46.3 Å². The fourth-order valence-corrected chi connectivity index (χ4v) is 4.42. The number of rotatable bonds is 4. The molecule has 3 aromatic carbocycles. The molecule has 158 valence electrons. The van der Waals surface area contributed by atoms with Crippen LogP contribution in [-0.4, -0.2) is 15.7 Å². The summed E-state index contributed by atoms with van der Waals surface area (Å²) in [5.74, 6) is -0.391. The molecular formula is C24H15BrN2O5. The van der Waals surface area contributed by atoms with Gasteiger partial charge in [-0.25, -0.2) is 0 Å². The molecule has 1 unspecified atom stereocenters. The molecule has 0 bridgehead atoms. The van der Waals surface area contributed by atoms with Crippen LogP contribution in [0.2, 0.25) is 0 Å². The Balaban J connectivity index is 1.72. The molecule has 7 nitrogen and oxygen atoms in total. The maximum absolute atomic E-state index is 13.5. The third kappa shape index (κ3) is 3.29. The molecular weight excluding hydrogens is 476 g/mol. The third-order valence-electron chi connectivity index (χ3n) is 5.54. The molecule has 0 saturated carbocycles. The highest BCUT2D eigenvalue weighted by Crippen LogP contribution is 2.39. The second kappa shape index (κ2) is 7.72. The second-order valence-electron chi connectivity index (χ2n) is 7.48. The highest BCUT2D eigenvalue weighted by atomic mass is 79.9. The van der Waals surface area contributed by atoms with Crippen LogP contribution in [0.15, 0.2) is 86.5 Å². The van der Waals surface area contributed by atoms with Crippen molar-refractivity contribution >= 4 is 38.5 Å². The maximum atomic E-state index is 13.5. The fourth-order valence-electron chi connectivity index (χ4n) is 4.06. The SMILES string of the molecule is O=C1c2oc3ccc(Br)cc3c(=O)c2C(c2ccc([N+](=O)[O-])cc2)N1Cc1ccccc1. The van der Waals surface area contributed by atoms with Crippen LogP contribution in [0.5, 0.6) is 0 Å². The number of fused-ring (bicyclic) bond motifs is 2. The number of halogens is 1. The van der Waals surface area contributed by atoms with E-state index < -0.39 is 16.9 Å². The van der Waals surface area contributed by atoms with Crippen molar-refractivity contribution in [3.05, 3.63) is 120 Å². The Labute approximate surface area is 190 Å². The van der Waals surface area contributed by atoms with Crippen molar-refractivity contribution in [2.45, 2.75) is 12.6 Å². The predicted octanol–water partition coefficient (Wildman–Crippen LogP) is 5.21. The summed E-state index contributed by atoms with van der Waals surface area (Å²) in [4.78, 5) is 39.1. The van der Waals surface area contributed by atoms with Gasteiger partial charge in [0, 0.05) is 23.2 Å². The molecule has 0 radical (unpaired) electrons. The number of nitrogens with zero attached hydrogens (tertiary/aromatic N) is 2. The number of amides is 1. The molecule has 0 N–H and O–H groups in total. The first kappa shape index (κ1) is 20.1. The molecule has 1 amide bonds. The van der Waals surface area contributed by atoms with Gasteiger partial charge < -0.3 is 9.32 Å². The van der Waals surface area contributed by atoms with E-state index in [4.69, 9.17) is 4.42 Å². The Morgan fingerprint density at radius 1 is 1.00 bits per heavy atom. The lowest BCUT2D eigenvalue weighted by Gasteiger charge is -2.25. The standard InChI is InChI=1S/C24H15BrN2O5/c25-16-8-11-19-18(12-16)22(28)20-21(15-6-9-17(10-7-15)27(30)31)26(24(29)23(20)32-19)13-14-4-2-1-3-5-14/h1-12,21H,13H2. The average molecular weight is 491 g/mol. The molecule has 32 heavy (non-hydrogen) atoms. The molecule has 4 aromatic rings. The number of hydrogen-bond donors (Lipinski definition) is 0. The number of non-ortho nitro benzene ring substituents is 1. The zero-order chi connectivity index (χ0) is 22.4. The summed E-state index contributed by atoms with van der Waals surface area (Å²) in [6.07, 6.45) is 0. The minimum absolute atomic E-state index is 0.00380. The Morgan fingerprint density at radius 3 is 2.41 bits per heavy atom. The predicted molar refractivity (Wildman–Crippen MR) is 121 cm³/mol. The molecule has 0 saturated heterocycles. The van der Waals surface area contributed by atoms with E-state index >= 15 is 0 Å². The number of nitro groups is 1. The summed E-state index contributed by atoms with van der Waals surface area (Å²) in [5.41, 5.74) is 1.69. The highest BCUT2D eigenvalue weighted by Gasteiger charge is 2.42. The summed E-state index contributed by atoms with van der Waals surface area (Å²) in [6, 6.07) is 19.7. The fraction of sp³-hybridized carbons (Fsp3) is 0.0833. The van der Waals surface area contributed by atoms with Gasteiger partial charge in [-0.2, -0.15) is 0 Å². The van der Waals surface area contributed by atoms with Crippen molar-refractivity contribution < 1.29 is 14.1 Å². The zero-order valence-electron chi connectivity index (χ0n) is 16.5. The van der Waals surface area contributed by atoms with Gasteiger partial charge in [0.1, 0.15) is 5.58 Å². The second-order valence-corrected chi connectivity index (χ2v) is 8.40. The summed E-state index contributed by atoms with van der Waals surface area (Å²) >= 11 is 3.37. The minimum Gasteiger partial charge on any atom is -0.450 e. The van der Waals surface area contributed by atoms with Crippen molar-refractivity contribution in [2.75, 3.05) is 0 Å². The topological polar surface area (TPSA) is 93.7 Å². The first-order chi connectivity index (χ1) is 15.4. The monoisotopic (exact) mass is 490 g/mol. The van der Waals surface area contributed by atoms with Crippen molar-refractivity contribution in [3.8, 4) is 0 Å². The van der Waals surface area contributed by atoms with Crippen molar-refractivity contribution in [1.29, 1.82) is 0 Å². The van der Waals surface area contributed by atoms with Crippen molar-refractivity contribution in [2.24, 2.45) is 0 Å². The van der Waals surface area contributed by atoms with E-state index in [-0.39, 0.29) is 29.0 Å². The molecule has 0 aliphatic carbocycles. The van der Waals surface area contributed by atoms with E-state index in [9.17, 15) is 19.7 Å².